The molecule has 33 heavy (non-hydrogen) atoms. The number of carbonyl (C=O) groups is 2. The minimum absolute atomic E-state index is 0.0807. The third kappa shape index (κ3) is 9.67. The lowest BCUT2D eigenvalue weighted by molar-refractivity contribution is -0.118. The van der Waals surface area contributed by atoms with Crippen LogP contribution in [0.4, 0.5) is 0 Å². The first-order valence-corrected chi connectivity index (χ1v) is 12.5. The number of benzene rings is 2. The summed E-state index contributed by atoms with van der Waals surface area (Å²) in [6.07, 6.45) is 5.23. The monoisotopic (exact) mass is 486 g/mol. The van der Waals surface area contributed by atoms with Crippen LogP contribution < -0.4 is 10.6 Å². The number of hydrogen-bond donors (Lipinski definition) is 4. The minimum Gasteiger partial charge on any atom is -0.508 e. The zero-order valence-electron chi connectivity index (χ0n) is 18.5. The fourth-order valence-corrected chi connectivity index (χ4v) is 4.46. The molecule has 4 N–H and O–H groups in total. The van der Waals surface area contributed by atoms with Gasteiger partial charge >= 0.3 is 0 Å². The highest BCUT2D eigenvalue weighted by Crippen LogP contribution is 2.26. The topological polar surface area (TPSA) is 98.7 Å². The molecule has 0 atom stereocenters. The number of amides is 2. The van der Waals surface area contributed by atoms with Crippen molar-refractivity contribution in [3.05, 3.63) is 72.8 Å². The molecule has 0 saturated heterocycles. The van der Waals surface area contributed by atoms with Crippen molar-refractivity contribution in [3.8, 4) is 11.5 Å². The fourth-order valence-electron chi connectivity index (χ4n) is 2.89. The molecule has 2 aromatic carbocycles. The summed E-state index contributed by atoms with van der Waals surface area (Å²) < 4.78 is 0. The van der Waals surface area contributed by atoms with Crippen molar-refractivity contribution in [2.75, 3.05) is 24.6 Å². The summed E-state index contributed by atoms with van der Waals surface area (Å²) in [5, 5.41) is 25.3. The number of nitrogens with one attached hydrogen (secondary N) is 2. The van der Waals surface area contributed by atoms with E-state index in [4.69, 9.17) is 0 Å². The Kier molecular flexibility index (Phi) is 11.5. The highest BCUT2D eigenvalue weighted by atomic mass is 32.2. The van der Waals surface area contributed by atoms with Crippen LogP contribution in [0.15, 0.2) is 71.5 Å². The van der Waals surface area contributed by atoms with Crippen molar-refractivity contribution in [1.82, 2.24) is 10.6 Å². The molecule has 0 spiro atoms. The van der Waals surface area contributed by atoms with Gasteiger partial charge in [0.05, 0.1) is 11.5 Å². The molecule has 2 aromatic rings. The summed E-state index contributed by atoms with van der Waals surface area (Å²) in [6, 6.07) is 10.5. The quantitative estimate of drug-likeness (QED) is 0.183. The van der Waals surface area contributed by atoms with Gasteiger partial charge in [0.2, 0.25) is 11.8 Å². The third-order valence-corrected chi connectivity index (χ3v) is 6.56. The van der Waals surface area contributed by atoms with Gasteiger partial charge in [-0.1, -0.05) is 12.2 Å². The van der Waals surface area contributed by atoms with E-state index in [1.54, 1.807) is 36.4 Å². The van der Waals surface area contributed by atoms with Crippen molar-refractivity contribution in [2.24, 2.45) is 0 Å². The molecular formula is C25H30N2O4S2. The minimum atomic E-state index is -0.0807. The van der Waals surface area contributed by atoms with Crippen LogP contribution in [0.1, 0.15) is 17.5 Å². The van der Waals surface area contributed by atoms with Crippen LogP contribution in [0.3, 0.4) is 0 Å². The molecule has 0 aliphatic carbocycles. The van der Waals surface area contributed by atoms with Crippen LogP contribution >= 0.6 is 23.5 Å². The summed E-state index contributed by atoms with van der Waals surface area (Å²) in [5.41, 5.74) is 1.57. The Hall–Kier alpha value is -2.84. The van der Waals surface area contributed by atoms with Gasteiger partial charge in [-0.15, -0.1) is 36.7 Å². The molecule has 0 aliphatic heterocycles. The fraction of sp³-hybridized carbons (Fsp3) is 0.280. The standard InChI is InChI=1S/C25H30N2O4S2/c1-3-6-18-14-20(8-10-22(18)28)32-16-24(30)26-12-5-13-27-25(31)17-33-21-9-11-23(29)19(15-21)7-4-2/h3-4,8-11,14-15,28-29H,1-2,5-7,12-13,16-17H2,(H,26,30)(H,27,31). The molecule has 0 bridgehead atoms. The van der Waals surface area contributed by atoms with E-state index in [1.807, 2.05) is 12.1 Å². The van der Waals surface area contributed by atoms with E-state index in [-0.39, 0.29) is 34.8 Å². The Bertz CT molecular complexity index is 901. The Balaban J connectivity index is 1.60. The predicted octanol–water partition coefficient (Wildman–Crippen LogP) is 4.06. The van der Waals surface area contributed by atoms with E-state index >= 15 is 0 Å². The Morgan fingerprint density at radius 3 is 1.61 bits per heavy atom. The summed E-state index contributed by atoms with van der Waals surface area (Å²) in [6.45, 7) is 8.31. The lowest BCUT2D eigenvalue weighted by atomic mass is 10.1. The average Bonchev–Trinajstić information content (AvgIpc) is 2.80. The van der Waals surface area contributed by atoms with Crippen LogP contribution in [-0.4, -0.2) is 46.6 Å². The van der Waals surface area contributed by atoms with Crippen molar-refractivity contribution >= 4 is 35.3 Å². The number of phenolic OH excluding ortho intramolecular Hbond substituents is 2. The van der Waals surface area contributed by atoms with Gasteiger partial charge in [-0.2, -0.15) is 0 Å². The van der Waals surface area contributed by atoms with Gasteiger partial charge in [0.1, 0.15) is 11.5 Å². The van der Waals surface area contributed by atoms with Crippen molar-refractivity contribution in [2.45, 2.75) is 29.1 Å². The molecule has 2 rings (SSSR count). The van der Waals surface area contributed by atoms with Gasteiger partial charge in [-0.05, 0) is 66.8 Å². The van der Waals surface area contributed by atoms with Crippen molar-refractivity contribution in [3.63, 3.8) is 0 Å². The number of hydrogen-bond acceptors (Lipinski definition) is 6. The zero-order valence-corrected chi connectivity index (χ0v) is 20.1. The summed E-state index contributed by atoms with van der Waals surface area (Å²) in [7, 11) is 0. The van der Waals surface area contributed by atoms with Gasteiger partial charge in [-0.3, -0.25) is 9.59 Å². The Morgan fingerprint density at radius 2 is 1.21 bits per heavy atom. The smallest absolute Gasteiger partial charge is 0.230 e. The molecule has 0 radical (unpaired) electrons. The maximum atomic E-state index is 12.0. The molecule has 6 nitrogen and oxygen atoms in total. The lowest BCUT2D eigenvalue weighted by Crippen LogP contribution is -2.31. The highest BCUT2D eigenvalue weighted by Gasteiger charge is 2.07. The molecular weight excluding hydrogens is 456 g/mol. The van der Waals surface area contributed by atoms with Crippen LogP contribution in [0, 0.1) is 0 Å². The molecule has 2 amide bonds. The predicted molar refractivity (Wildman–Crippen MR) is 136 cm³/mol. The second-order valence-corrected chi connectivity index (χ2v) is 9.29. The van der Waals surface area contributed by atoms with E-state index in [0.717, 1.165) is 20.9 Å². The first-order valence-electron chi connectivity index (χ1n) is 10.6. The number of aromatic hydroxyl groups is 2. The average molecular weight is 487 g/mol. The van der Waals surface area contributed by atoms with Gasteiger partial charge in [0, 0.05) is 22.9 Å². The Morgan fingerprint density at radius 1 is 0.788 bits per heavy atom. The molecule has 8 heteroatoms. The second kappa shape index (κ2) is 14.3. The molecule has 0 heterocycles. The Labute approximate surface area is 203 Å². The molecule has 0 saturated carbocycles. The molecule has 0 fully saturated rings. The lowest BCUT2D eigenvalue weighted by Gasteiger charge is -2.09. The molecule has 176 valence electrons. The van der Waals surface area contributed by atoms with E-state index in [2.05, 4.69) is 23.8 Å². The second-order valence-electron chi connectivity index (χ2n) is 7.20. The molecule has 0 aliphatic rings. The van der Waals surface area contributed by atoms with Crippen LogP contribution in [0.5, 0.6) is 11.5 Å². The van der Waals surface area contributed by atoms with Crippen molar-refractivity contribution < 1.29 is 19.8 Å². The number of carbonyl (C=O) groups excluding carboxylic acids is 2. The van der Waals surface area contributed by atoms with Crippen LogP contribution in [0.2, 0.25) is 0 Å². The first kappa shape index (κ1) is 26.4. The zero-order chi connectivity index (χ0) is 24.1. The van der Waals surface area contributed by atoms with Gasteiger partial charge in [0.15, 0.2) is 0 Å². The SMILES string of the molecule is C=CCc1cc(SCC(=O)NCCCNC(=O)CSc2ccc(O)c(CC=C)c2)ccc1O. The molecule has 0 unspecified atom stereocenters. The highest BCUT2D eigenvalue weighted by molar-refractivity contribution is 8.00. The number of phenols is 2. The number of thioether (sulfide) groups is 2. The normalized spacial score (nSPS) is 10.4. The van der Waals surface area contributed by atoms with Gasteiger partial charge < -0.3 is 20.8 Å². The summed E-state index contributed by atoms with van der Waals surface area (Å²) >= 11 is 2.81. The maximum Gasteiger partial charge on any atom is 0.230 e. The maximum absolute atomic E-state index is 12.0. The van der Waals surface area contributed by atoms with Gasteiger partial charge in [0.25, 0.3) is 0 Å². The number of allylic oxidation sites excluding steroid dienone is 2. The largest absolute Gasteiger partial charge is 0.508 e. The van der Waals surface area contributed by atoms with E-state index < -0.39 is 0 Å². The van der Waals surface area contributed by atoms with Crippen LogP contribution in [-0.2, 0) is 22.4 Å². The van der Waals surface area contributed by atoms with Gasteiger partial charge in [-0.25, -0.2) is 0 Å². The van der Waals surface area contributed by atoms with E-state index in [9.17, 15) is 19.8 Å². The number of rotatable bonds is 14. The molecule has 0 aromatic heterocycles. The van der Waals surface area contributed by atoms with E-state index in [1.165, 1.54) is 23.5 Å². The summed E-state index contributed by atoms with van der Waals surface area (Å²) in [5.74, 6) is 0.851. The first-order chi connectivity index (χ1) is 15.9. The van der Waals surface area contributed by atoms with Crippen molar-refractivity contribution in [1.29, 1.82) is 0 Å². The van der Waals surface area contributed by atoms with Crippen LogP contribution in [0.25, 0.3) is 0 Å². The third-order valence-electron chi connectivity index (χ3n) is 4.57. The van der Waals surface area contributed by atoms with E-state index in [0.29, 0.717) is 32.4 Å². The summed E-state index contributed by atoms with van der Waals surface area (Å²) in [4.78, 5) is 25.9.